The number of hydrogen-bond donors (Lipinski definition) is 1. The first-order valence-corrected chi connectivity index (χ1v) is 10.6. The van der Waals surface area contributed by atoms with Gasteiger partial charge in [0.1, 0.15) is 0 Å². The van der Waals surface area contributed by atoms with Gasteiger partial charge in [0, 0.05) is 21.2 Å². The van der Waals surface area contributed by atoms with Gasteiger partial charge in [-0.3, -0.25) is 0 Å². The van der Waals surface area contributed by atoms with Crippen LogP contribution in [0.4, 0.5) is 11.8 Å². The number of anilines is 2. The van der Waals surface area contributed by atoms with Gasteiger partial charge in [-0.15, -0.1) is 20.4 Å². The van der Waals surface area contributed by atoms with Crippen LogP contribution in [0.1, 0.15) is 11.1 Å². The molecule has 0 unspecified atom stereocenters. The van der Waals surface area contributed by atoms with Gasteiger partial charge in [0.2, 0.25) is 0 Å². The number of rotatable bonds is 4. The molecule has 9 heteroatoms. The molecule has 0 bridgehead atoms. The van der Waals surface area contributed by atoms with E-state index in [1.807, 2.05) is 74.5 Å². The van der Waals surface area contributed by atoms with Crippen LogP contribution in [0.15, 0.2) is 60.7 Å². The zero-order chi connectivity index (χ0) is 22.2. The predicted octanol–water partition coefficient (Wildman–Crippen LogP) is 5.92. The first-order chi connectivity index (χ1) is 15.5. The average Bonchev–Trinajstić information content (AvgIpc) is 3.20. The summed E-state index contributed by atoms with van der Waals surface area (Å²) in [7, 11) is 0. The number of hydrogen-bond acceptors (Lipinski definition) is 6. The number of aryl methyl sites for hydroxylation is 2. The molecule has 0 spiro atoms. The van der Waals surface area contributed by atoms with Crippen LogP contribution in [0.3, 0.4) is 0 Å². The Labute approximate surface area is 194 Å². The van der Waals surface area contributed by atoms with E-state index in [2.05, 4.69) is 30.8 Å². The first kappa shape index (κ1) is 20.4. The van der Waals surface area contributed by atoms with Gasteiger partial charge in [0.25, 0.3) is 5.95 Å². The summed E-state index contributed by atoms with van der Waals surface area (Å²) in [6, 6.07) is 19.0. The molecule has 7 nitrogen and oxygen atoms in total. The lowest BCUT2D eigenvalue weighted by molar-refractivity contribution is 0.934. The first-order valence-electron chi connectivity index (χ1n) is 9.84. The summed E-state index contributed by atoms with van der Waals surface area (Å²) in [6.45, 7) is 3.92. The number of nitrogens with zero attached hydrogens (tertiary/aromatic N) is 6. The van der Waals surface area contributed by atoms with E-state index < -0.39 is 0 Å². The van der Waals surface area contributed by atoms with Crippen molar-refractivity contribution in [2.45, 2.75) is 13.8 Å². The van der Waals surface area contributed by atoms with Gasteiger partial charge >= 0.3 is 0 Å². The van der Waals surface area contributed by atoms with Crippen molar-refractivity contribution in [3.05, 3.63) is 81.8 Å². The third-order valence-electron chi connectivity index (χ3n) is 5.07. The predicted molar refractivity (Wildman–Crippen MR) is 126 cm³/mol. The summed E-state index contributed by atoms with van der Waals surface area (Å²) in [5, 5.41) is 26.2. The van der Waals surface area contributed by atoms with E-state index >= 15 is 0 Å². The molecule has 0 aliphatic heterocycles. The molecular weight excluding hydrogens is 445 g/mol. The molecular formula is C23H17Cl2N7. The van der Waals surface area contributed by atoms with Crippen LogP contribution >= 0.6 is 23.2 Å². The largest absolute Gasteiger partial charge is 0.306 e. The SMILES string of the molecule is Cc1cc(-c2ccc(Nc3nnc4ccc(-c5ccc(Cl)c(C)c5)nn34)nn2)ccc1Cl. The molecule has 0 radical (unpaired) electrons. The molecule has 3 aromatic heterocycles. The Morgan fingerprint density at radius 3 is 1.97 bits per heavy atom. The molecule has 1 N–H and O–H groups in total. The molecule has 0 amide bonds. The highest BCUT2D eigenvalue weighted by atomic mass is 35.5. The maximum absolute atomic E-state index is 6.15. The second kappa shape index (κ2) is 8.18. The summed E-state index contributed by atoms with van der Waals surface area (Å²) in [4.78, 5) is 0. The molecule has 0 saturated carbocycles. The molecule has 0 atom stereocenters. The Balaban J connectivity index is 1.43. The number of aromatic nitrogens is 6. The fraction of sp³-hybridized carbons (Fsp3) is 0.0870. The van der Waals surface area contributed by atoms with Gasteiger partial charge < -0.3 is 5.32 Å². The summed E-state index contributed by atoms with van der Waals surface area (Å²) < 4.78 is 1.64. The third kappa shape index (κ3) is 3.88. The van der Waals surface area contributed by atoms with Crippen LogP contribution in [-0.4, -0.2) is 30.0 Å². The Kier molecular flexibility index (Phi) is 5.20. The smallest absolute Gasteiger partial charge is 0.251 e. The average molecular weight is 462 g/mol. The van der Waals surface area contributed by atoms with Crippen molar-refractivity contribution in [2.75, 3.05) is 5.32 Å². The van der Waals surface area contributed by atoms with Crippen molar-refractivity contribution in [3.8, 4) is 22.5 Å². The van der Waals surface area contributed by atoms with Crippen molar-refractivity contribution >= 4 is 40.6 Å². The molecule has 2 aromatic carbocycles. The van der Waals surface area contributed by atoms with Crippen molar-refractivity contribution in [3.63, 3.8) is 0 Å². The van der Waals surface area contributed by atoms with Gasteiger partial charge in [0.15, 0.2) is 11.5 Å². The lowest BCUT2D eigenvalue weighted by Crippen LogP contribution is -2.03. The quantitative estimate of drug-likeness (QED) is 0.357. The summed E-state index contributed by atoms with van der Waals surface area (Å²) in [6.07, 6.45) is 0. The van der Waals surface area contributed by atoms with Crippen molar-refractivity contribution in [2.24, 2.45) is 0 Å². The van der Waals surface area contributed by atoms with E-state index in [9.17, 15) is 0 Å². The Morgan fingerprint density at radius 1 is 0.688 bits per heavy atom. The van der Waals surface area contributed by atoms with Crippen LogP contribution in [0.5, 0.6) is 0 Å². The highest BCUT2D eigenvalue weighted by Gasteiger charge is 2.11. The Hall–Kier alpha value is -3.55. The normalized spacial score (nSPS) is 11.1. The van der Waals surface area contributed by atoms with E-state index in [1.165, 1.54) is 0 Å². The lowest BCUT2D eigenvalue weighted by Gasteiger charge is -2.07. The molecule has 32 heavy (non-hydrogen) atoms. The van der Waals surface area contributed by atoms with Gasteiger partial charge in [-0.25, -0.2) is 0 Å². The minimum atomic E-state index is 0.442. The molecule has 0 fully saturated rings. The van der Waals surface area contributed by atoms with Crippen LogP contribution in [0.25, 0.3) is 28.2 Å². The highest BCUT2D eigenvalue weighted by Crippen LogP contribution is 2.25. The third-order valence-corrected chi connectivity index (χ3v) is 5.92. The fourth-order valence-corrected chi connectivity index (χ4v) is 3.53. The van der Waals surface area contributed by atoms with Crippen molar-refractivity contribution < 1.29 is 0 Å². The zero-order valence-corrected chi connectivity index (χ0v) is 18.7. The Bertz CT molecular complexity index is 1450. The van der Waals surface area contributed by atoms with Crippen LogP contribution in [0, 0.1) is 13.8 Å². The number of fused-ring (bicyclic) bond motifs is 1. The lowest BCUT2D eigenvalue weighted by atomic mass is 10.1. The monoisotopic (exact) mass is 461 g/mol. The highest BCUT2D eigenvalue weighted by molar-refractivity contribution is 6.31. The number of halogens is 2. The number of benzene rings is 2. The van der Waals surface area contributed by atoms with Crippen LogP contribution in [-0.2, 0) is 0 Å². The maximum Gasteiger partial charge on any atom is 0.251 e. The minimum Gasteiger partial charge on any atom is -0.306 e. The van der Waals surface area contributed by atoms with Crippen molar-refractivity contribution in [1.29, 1.82) is 0 Å². The van der Waals surface area contributed by atoms with Gasteiger partial charge in [-0.1, -0.05) is 35.3 Å². The molecule has 5 rings (SSSR count). The summed E-state index contributed by atoms with van der Waals surface area (Å²) in [5.74, 6) is 0.972. The van der Waals surface area contributed by atoms with E-state index in [1.54, 1.807) is 4.52 Å². The van der Waals surface area contributed by atoms with E-state index in [4.69, 9.17) is 23.2 Å². The van der Waals surface area contributed by atoms with E-state index in [0.29, 0.717) is 17.4 Å². The molecule has 0 aliphatic rings. The summed E-state index contributed by atoms with van der Waals surface area (Å²) in [5.41, 5.74) is 6.02. The van der Waals surface area contributed by atoms with E-state index in [0.717, 1.165) is 43.7 Å². The van der Waals surface area contributed by atoms with Crippen LogP contribution in [0.2, 0.25) is 10.0 Å². The summed E-state index contributed by atoms with van der Waals surface area (Å²) >= 11 is 12.3. The molecule has 3 heterocycles. The standard InChI is InChI=1S/C23H17Cl2N7/c1-13-11-15(3-5-17(13)24)19-7-9-21(28-27-19)26-23-30-29-22-10-8-20(31-32(22)23)16-4-6-18(25)14(2)12-16/h3-12H,1-2H3,(H,26,28,30). The minimum absolute atomic E-state index is 0.442. The molecule has 158 valence electrons. The second-order valence-electron chi connectivity index (χ2n) is 7.37. The van der Waals surface area contributed by atoms with Crippen LogP contribution < -0.4 is 5.32 Å². The van der Waals surface area contributed by atoms with Gasteiger partial charge in [0.05, 0.1) is 11.4 Å². The molecule has 5 aromatic rings. The molecule has 0 saturated heterocycles. The van der Waals surface area contributed by atoms with Gasteiger partial charge in [-0.05, 0) is 73.5 Å². The maximum atomic E-state index is 6.15. The Morgan fingerprint density at radius 2 is 1.34 bits per heavy atom. The van der Waals surface area contributed by atoms with E-state index in [-0.39, 0.29) is 0 Å². The molecule has 0 aliphatic carbocycles. The second-order valence-corrected chi connectivity index (χ2v) is 8.18. The van der Waals surface area contributed by atoms with Gasteiger partial charge in [-0.2, -0.15) is 9.61 Å². The number of nitrogens with one attached hydrogen (secondary N) is 1. The fourth-order valence-electron chi connectivity index (χ4n) is 3.30. The van der Waals surface area contributed by atoms with Crippen molar-refractivity contribution in [1.82, 2.24) is 30.0 Å². The zero-order valence-electron chi connectivity index (χ0n) is 17.2. The topological polar surface area (TPSA) is 80.9 Å².